The van der Waals surface area contributed by atoms with Gasteiger partial charge in [0.25, 0.3) is 0 Å². The van der Waals surface area contributed by atoms with E-state index < -0.39 is 0 Å². The molecular formula is C36H28Ni. The van der Waals surface area contributed by atoms with Crippen molar-refractivity contribution in [3.63, 3.8) is 0 Å². The van der Waals surface area contributed by atoms with Gasteiger partial charge in [-0.1, -0.05) is 170 Å². The Labute approximate surface area is 230 Å². The molecule has 0 unspecified atom stereocenters. The maximum atomic E-state index is 2.18. The molecule has 182 valence electrons. The number of hydrogen-bond donors (Lipinski definition) is 0. The van der Waals surface area contributed by atoms with Crippen LogP contribution in [0.5, 0.6) is 0 Å². The molecule has 0 fully saturated rings. The minimum atomic E-state index is 0. The van der Waals surface area contributed by atoms with E-state index in [-0.39, 0.29) is 16.5 Å². The Morgan fingerprint density at radius 3 is 0.541 bits per heavy atom. The van der Waals surface area contributed by atoms with Gasteiger partial charge in [-0.2, -0.15) is 0 Å². The standard InChI is InChI=1S/2C18H14.Ni/c2*1-3-9-15(10-4-1)17-13-7-8-14-18(17)16-11-5-2-6-12-16;/h2*1-14H;. The second-order valence-corrected chi connectivity index (χ2v) is 8.56. The van der Waals surface area contributed by atoms with Crippen molar-refractivity contribution in [3.05, 3.63) is 170 Å². The summed E-state index contributed by atoms with van der Waals surface area (Å²) in [6, 6.07) is 59.2. The third kappa shape index (κ3) is 6.53. The predicted octanol–water partition coefficient (Wildman–Crippen LogP) is 10.0. The zero-order valence-corrected chi connectivity index (χ0v) is 21.5. The first-order valence-corrected chi connectivity index (χ1v) is 12.3. The van der Waals surface area contributed by atoms with Crippen molar-refractivity contribution in [3.8, 4) is 44.5 Å². The van der Waals surface area contributed by atoms with Gasteiger partial charge in [0.05, 0.1) is 0 Å². The van der Waals surface area contributed by atoms with Crippen LogP contribution in [0.1, 0.15) is 0 Å². The van der Waals surface area contributed by atoms with Gasteiger partial charge in [0.15, 0.2) is 0 Å². The smallest absolute Gasteiger partial charge is 0 e. The van der Waals surface area contributed by atoms with Crippen molar-refractivity contribution in [1.29, 1.82) is 0 Å². The van der Waals surface area contributed by atoms with Crippen LogP contribution in [-0.4, -0.2) is 0 Å². The van der Waals surface area contributed by atoms with Gasteiger partial charge in [-0.25, -0.2) is 0 Å². The van der Waals surface area contributed by atoms with E-state index in [0.29, 0.717) is 0 Å². The summed E-state index contributed by atoms with van der Waals surface area (Å²) in [5.41, 5.74) is 10.2. The van der Waals surface area contributed by atoms with E-state index in [4.69, 9.17) is 0 Å². The average Bonchev–Trinajstić information content (AvgIpc) is 2.99. The van der Waals surface area contributed by atoms with E-state index in [9.17, 15) is 0 Å². The molecule has 37 heavy (non-hydrogen) atoms. The molecule has 0 aliphatic carbocycles. The van der Waals surface area contributed by atoms with Crippen molar-refractivity contribution in [2.45, 2.75) is 0 Å². The van der Waals surface area contributed by atoms with Gasteiger partial charge in [0.1, 0.15) is 0 Å². The summed E-state index contributed by atoms with van der Waals surface area (Å²) < 4.78 is 0. The Bertz CT molecular complexity index is 1260. The third-order valence-electron chi connectivity index (χ3n) is 6.19. The Hall–Kier alpha value is -4.19. The van der Waals surface area contributed by atoms with Crippen LogP contribution >= 0.6 is 0 Å². The minimum absolute atomic E-state index is 0. The van der Waals surface area contributed by atoms with Crippen molar-refractivity contribution in [1.82, 2.24) is 0 Å². The maximum Gasteiger partial charge on any atom is 0 e. The Morgan fingerprint density at radius 1 is 0.189 bits per heavy atom. The molecule has 6 aromatic carbocycles. The van der Waals surface area contributed by atoms with Crippen LogP contribution in [0.25, 0.3) is 44.5 Å². The summed E-state index contributed by atoms with van der Waals surface area (Å²) in [5, 5.41) is 0. The van der Waals surface area contributed by atoms with Crippen molar-refractivity contribution in [2.75, 3.05) is 0 Å². The first kappa shape index (κ1) is 25.9. The van der Waals surface area contributed by atoms with Gasteiger partial charge >= 0.3 is 0 Å². The summed E-state index contributed by atoms with van der Waals surface area (Å²) in [5.74, 6) is 0. The van der Waals surface area contributed by atoms with Gasteiger partial charge < -0.3 is 0 Å². The van der Waals surface area contributed by atoms with Crippen LogP contribution in [0.15, 0.2) is 170 Å². The fraction of sp³-hybridized carbons (Fsp3) is 0. The first-order valence-electron chi connectivity index (χ1n) is 12.3. The average molecular weight is 519 g/mol. The number of hydrogen-bond acceptors (Lipinski definition) is 0. The maximum absolute atomic E-state index is 2.18. The fourth-order valence-corrected chi connectivity index (χ4v) is 4.44. The molecule has 0 N–H and O–H groups in total. The van der Waals surface area contributed by atoms with Crippen molar-refractivity contribution < 1.29 is 16.5 Å². The molecule has 0 aliphatic rings. The molecule has 0 nitrogen and oxygen atoms in total. The van der Waals surface area contributed by atoms with E-state index in [2.05, 4.69) is 170 Å². The van der Waals surface area contributed by atoms with E-state index >= 15 is 0 Å². The predicted molar refractivity (Wildman–Crippen MR) is 155 cm³/mol. The van der Waals surface area contributed by atoms with Crippen molar-refractivity contribution >= 4 is 0 Å². The normalized spacial score (nSPS) is 9.95. The van der Waals surface area contributed by atoms with E-state index in [1.165, 1.54) is 44.5 Å². The van der Waals surface area contributed by atoms with Gasteiger partial charge in [-0.3, -0.25) is 0 Å². The summed E-state index contributed by atoms with van der Waals surface area (Å²) in [6.07, 6.45) is 0. The number of benzene rings is 6. The zero-order chi connectivity index (χ0) is 24.4. The molecule has 0 atom stereocenters. The van der Waals surface area contributed by atoms with E-state index in [0.717, 1.165) is 0 Å². The molecule has 0 spiro atoms. The third-order valence-corrected chi connectivity index (χ3v) is 6.19. The second kappa shape index (κ2) is 13.2. The van der Waals surface area contributed by atoms with Crippen LogP contribution in [0.2, 0.25) is 0 Å². The molecule has 1 heteroatoms. The van der Waals surface area contributed by atoms with Crippen molar-refractivity contribution in [2.24, 2.45) is 0 Å². The molecule has 0 aliphatic heterocycles. The van der Waals surface area contributed by atoms with Crippen LogP contribution < -0.4 is 0 Å². The minimum Gasteiger partial charge on any atom is -0.0622 e. The summed E-state index contributed by atoms with van der Waals surface area (Å²) in [4.78, 5) is 0. The zero-order valence-electron chi connectivity index (χ0n) is 20.5. The quantitative estimate of drug-likeness (QED) is 0.203. The van der Waals surface area contributed by atoms with Gasteiger partial charge in [-0.05, 0) is 44.5 Å². The van der Waals surface area contributed by atoms with Crippen LogP contribution in [0.4, 0.5) is 0 Å². The SMILES string of the molecule is [Ni].c1ccc(-c2ccccc2-c2ccccc2)cc1.c1ccc(-c2ccccc2-c2ccccc2)cc1. The monoisotopic (exact) mass is 518 g/mol. The Morgan fingerprint density at radius 2 is 0.351 bits per heavy atom. The van der Waals surface area contributed by atoms with Crippen LogP contribution in [0, 0.1) is 0 Å². The summed E-state index contributed by atoms with van der Waals surface area (Å²) in [6.45, 7) is 0. The van der Waals surface area contributed by atoms with Gasteiger partial charge in [0, 0.05) is 16.5 Å². The second-order valence-electron chi connectivity index (χ2n) is 8.56. The first-order chi connectivity index (χ1) is 17.9. The van der Waals surface area contributed by atoms with E-state index in [1.807, 2.05) is 0 Å². The van der Waals surface area contributed by atoms with Crippen LogP contribution in [0.3, 0.4) is 0 Å². The largest absolute Gasteiger partial charge is 0.0622 e. The molecule has 6 rings (SSSR count). The molecule has 0 saturated heterocycles. The van der Waals surface area contributed by atoms with Crippen LogP contribution in [-0.2, 0) is 16.5 Å². The molecule has 0 bridgehead atoms. The molecule has 0 heterocycles. The molecular weight excluding hydrogens is 491 g/mol. The van der Waals surface area contributed by atoms with Gasteiger partial charge in [0.2, 0.25) is 0 Å². The molecule has 6 aromatic rings. The Kier molecular flexibility index (Phi) is 9.25. The fourth-order valence-electron chi connectivity index (χ4n) is 4.44. The van der Waals surface area contributed by atoms with Gasteiger partial charge in [-0.15, -0.1) is 0 Å². The topological polar surface area (TPSA) is 0 Å². The van der Waals surface area contributed by atoms with E-state index in [1.54, 1.807) is 0 Å². The molecule has 0 amide bonds. The number of rotatable bonds is 4. The molecule has 0 aromatic heterocycles. The Balaban J connectivity index is 0.000000168. The summed E-state index contributed by atoms with van der Waals surface area (Å²) in [7, 11) is 0. The molecule has 0 radical (unpaired) electrons. The molecule has 0 saturated carbocycles. The summed E-state index contributed by atoms with van der Waals surface area (Å²) >= 11 is 0.